The summed E-state index contributed by atoms with van der Waals surface area (Å²) in [6.07, 6.45) is -1.46. The molecule has 0 atom stereocenters. The molecular weight excluding hydrogens is 976 g/mol. The highest BCUT2D eigenvalue weighted by Crippen LogP contribution is 2.33. The molecule has 22 heteroatoms. The minimum atomic E-state index is -3.66. The van der Waals surface area contributed by atoms with Gasteiger partial charge in [-0.2, -0.15) is 17.6 Å². The van der Waals surface area contributed by atoms with Crippen LogP contribution in [0, 0.1) is 6.92 Å². The van der Waals surface area contributed by atoms with Crippen molar-refractivity contribution < 1.29 is 48.0 Å². The molecule has 3 saturated heterocycles. The van der Waals surface area contributed by atoms with Gasteiger partial charge in [-0.3, -0.25) is 8.61 Å². The topological polar surface area (TPSA) is 177 Å². The number of nitrogens with one attached hydrogen (secondary N) is 1. The van der Waals surface area contributed by atoms with Crippen LogP contribution in [0.3, 0.4) is 0 Å². The summed E-state index contributed by atoms with van der Waals surface area (Å²) in [7, 11) is -7.31. The normalized spacial score (nSPS) is 16.9. The van der Waals surface area contributed by atoms with E-state index in [4.69, 9.17) is 25.2 Å². The highest BCUT2D eigenvalue weighted by atomic mass is 35.5. The number of piperidine rings is 2. The first-order chi connectivity index (χ1) is 33.6. The van der Waals surface area contributed by atoms with Gasteiger partial charge in [-0.1, -0.05) is 54.1 Å². The molecule has 374 valence electrons. The zero-order chi connectivity index (χ0) is 49.4. The fraction of sp³-hybridized carbons (Fsp3) is 0.417. The van der Waals surface area contributed by atoms with Gasteiger partial charge >= 0.3 is 12.9 Å². The number of alkyl halides is 4. The summed E-state index contributed by atoms with van der Waals surface area (Å²) < 4.78 is 124. The first-order valence-corrected chi connectivity index (χ1v) is 26.3. The Labute approximate surface area is 409 Å². The molecule has 1 N–H and O–H groups in total. The molecule has 4 aromatic carbocycles. The van der Waals surface area contributed by atoms with E-state index in [0.29, 0.717) is 77.9 Å². The number of hydrogen-bond acceptors (Lipinski definition) is 13. The fourth-order valence-electron chi connectivity index (χ4n) is 8.83. The minimum absolute atomic E-state index is 0.00806. The molecule has 0 spiro atoms. The number of sulfonamides is 2. The summed E-state index contributed by atoms with van der Waals surface area (Å²) in [6.45, 7) is 6.53. The van der Waals surface area contributed by atoms with Crippen molar-refractivity contribution in [2.24, 2.45) is 0 Å². The maximum absolute atomic E-state index is 14.0. The quantitative estimate of drug-likeness (QED) is 0.0964. The predicted octanol–water partition coefficient (Wildman–Crippen LogP) is 9.38. The van der Waals surface area contributed by atoms with Crippen LogP contribution in [0.15, 0.2) is 106 Å². The van der Waals surface area contributed by atoms with Gasteiger partial charge in [0, 0.05) is 35.4 Å². The number of likely N-dealkylation sites (tertiary alicyclic amines) is 1. The van der Waals surface area contributed by atoms with Gasteiger partial charge in [-0.15, -0.1) is 20.4 Å². The molecule has 70 heavy (non-hydrogen) atoms. The van der Waals surface area contributed by atoms with Crippen molar-refractivity contribution >= 4 is 43.0 Å². The van der Waals surface area contributed by atoms with Gasteiger partial charge in [0.2, 0.25) is 31.8 Å². The Hall–Kier alpha value is -5.45. The Kier molecular flexibility index (Phi) is 16.5. The van der Waals surface area contributed by atoms with E-state index >= 15 is 0 Å². The minimum Gasteiger partial charge on any atom is -0.415 e. The predicted molar refractivity (Wildman–Crippen MR) is 257 cm³/mol. The van der Waals surface area contributed by atoms with Gasteiger partial charge in [0.1, 0.15) is 0 Å². The Balaban J connectivity index is 0.000000191. The molecule has 3 fully saturated rings. The molecular formula is C48H53ClF4N8O7S2. The summed E-state index contributed by atoms with van der Waals surface area (Å²) in [6, 6.07) is 28.2. The second-order valence-electron chi connectivity index (χ2n) is 17.3. The third-order valence-corrected chi connectivity index (χ3v) is 17.4. The molecule has 15 nitrogen and oxygen atoms in total. The number of aryl methyl sites for hydroxylation is 1. The monoisotopic (exact) mass is 1030 g/mol. The van der Waals surface area contributed by atoms with Gasteiger partial charge in [0.15, 0.2) is 0 Å². The molecule has 2 aromatic heterocycles. The number of rotatable bonds is 15. The number of anilines is 2. The molecule has 0 radical (unpaired) electrons. The van der Waals surface area contributed by atoms with Crippen molar-refractivity contribution in [2.75, 3.05) is 48.0 Å². The molecule has 0 saturated carbocycles. The van der Waals surface area contributed by atoms with Crippen LogP contribution < -0.4 is 13.9 Å². The lowest BCUT2D eigenvalue weighted by atomic mass is 10.0. The first kappa shape index (κ1) is 50.9. The van der Waals surface area contributed by atoms with E-state index in [1.165, 1.54) is 8.61 Å². The Morgan fingerprint density at radius 1 is 0.643 bits per heavy atom. The summed E-state index contributed by atoms with van der Waals surface area (Å²) >= 11 is 6.13. The van der Waals surface area contributed by atoms with Crippen molar-refractivity contribution in [2.45, 2.75) is 87.9 Å². The summed E-state index contributed by atoms with van der Waals surface area (Å²) in [4.78, 5) is 2.42. The summed E-state index contributed by atoms with van der Waals surface area (Å²) in [5.41, 5.74) is 4.49. The van der Waals surface area contributed by atoms with Gasteiger partial charge in [-0.25, -0.2) is 16.8 Å². The summed E-state index contributed by atoms with van der Waals surface area (Å²) in [5, 5.41) is 16.7. The van der Waals surface area contributed by atoms with Crippen LogP contribution in [0.4, 0.5) is 28.9 Å². The lowest BCUT2D eigenvalue weighted by Crippen LogP contribution is -2.49. The van der Waals surface area contributed by atoms with E-state index in [9.17, 15) is 34.4 Å². The third-order valence-electron chi connectivity index (χ3n) is 12.6. The van der Waals surface area contributed by atoms with Crippen molar-refractivity contribution in [1.82, 2.24) is 30.6 Å². The highest BCUT2D eigenvalue weighted by Gasteiger charge is 2.37. The molecule has 0 unspecified atom stereocenters. The van der Waals surface area contributed by atoms with Crippen molar-refractivity contribution in [1.29, 1.82) is 0 Å². The number of halogens is 5. The maximum Gasteiger partial charge on any atom is 0.314 e. The van der Waals surface area contributed by atoms with E-state index in [-0.39, 0.29) is 24.9 Å². The molecule has 3 aliphatic heterocycles. The smallest absolute Gasteiger partial charge is 0.314 e. The Morgan fingerprint density at radius 3 is 1.57 bits per heavy atom. The first-order valence-electron chi connectivity index (χ1n) is 23.0. The van der Waals surface area contributed by atoms with Crippen LogP contribution in [-0.2, 0) is 37.9 Å². The molecule has 9 rings (SSSR count). The van der Waals surface area contributed by atoms with E-state index in [1.54, 1.807) is 72.8 Å². The SMILES string of the molecule is Cc1cccc(N(Cc2ccc(-c3nnc(C(F)F)o3)cc2)S(=O)(=O)C2CCN(C3CCOCC3)CC2)c1.O=S(=O)(C1CCNCC1)N(Cc1ccc(-c2nnc(C(F)F)o2)cc1)c1cccc(Cl)c1. The van der Waals surface area contributed by atoms with Crippen LogP contribution in [-0.4, -0.2) is 98.1 Å². The number of benzene rings is 4. The van der Waals surface area contributed by atoms with Gasteiger partial charge in [0.05, 0.1) is 35.0 Å². The zero-order valence-corrected chi connectivity index (χ0v) is 40.6. The van der Waals surface area contributed by atoms with Crippen LogP contribution in [0.25, 0.3) is 22.9 Å². The lowest BCUT2D eigenvalue weighted by molar-refractivity contribution is 0.0277. The summed E-state index contributed by atoms with van der Waals surface area (Å²) in [5.74, 6) is -1.51. The highest BCUT2D eigenvalue weighted by molar-refractivity contribution is 7.93. The van der Waals surface area contributed by atoms with Gasteiger partial charge in [-0.05, 0) is 143 Å². The van der Waals surface area contributed by atoms with E-state index < -0.39 is 55.2 Å². The zero-order valence-electron chi connectivity index (χ0n) is 38.2. The number of nitrogens with zero attached hydrogens (tertiary/aromatic N) is 7. The van der Waals surface area contributed by atoms with E-state index in [0.717, 1.165) is 50.3 Å². The lowest BCUT2D eigenvalue weighted by Gasteiger charge is -2.40. The second kappa shape index (κ2) is 22.7. The molecule has 3 aliphatic rings. The number of hydrogen-bond donors (Lipinski definition) is 1. The van der Waals surface area contributed by atoms with Crippen LogP contribution in [0.1, 0.15) is 79.8 Å². The number of ether oxygens (including phenoxy) is 1. The number of aromatic nitrogens is 4. The van der Waals surface area contributed by atoms with Crippen molar-refractivity contribution in [3.05, 3.63) is 131 Å². The van der Waals surface area contributed by atoms with Crippen LogP contribution in [0.2, 0.25) is 5.02 Å². The molecule has 0 amide bonds. The van der Waals surface area contributed by atoms with Crippen LogP contribution >= 0.6 is 11.6 Å². The fourth-order valence-corrected chi connectivity index (χ4v) is 12.8. The second-order valence-corrected chi connectivity index (χ2v) is 22.0. The molecule has 5 heterocycles. The van der Waals surface area contributed by atoms with Gasteiger partial charge < -0.3 is 23.8 Å². The average Bonchev–Trinajstić information content (AvgIpc) is 4.09. The Morgan fingerprint density at radius 2 is 1.11 bits per heavy atom. The molecule has 0 aliphatic carbocycles. The standard InChI is InChI=1S/C27H32F2N4O4S.C21H21ClF2N4O3S/c1-19-3-2-4-23(17-19)33(18-20-5-7-21(8-6-20)26-30-31-27(37-26)25(28)29)38(34,35)24-9-13-32(14-10-24)22-11-15-36-16-12-22;22-16-2-1-3-17(12-16)28(32(29,30)18-8-10-25-11-9-18)13-14-4-6-15(7-5-14)20-26-27-21(31-20)19(23)24/h2-8,17,22,24-25H,9-16,18H2,1H3;1-7,12,18-19,25H,8-11,13H2. The van der Waals surface area contributed by atoms with E-state index in [1.807, 2.05) is 31.2 Å². The average molecular weight is 1030 g/mol. The molecule has 0 bridgehead atoms. The van der Waals surface area contributed by atoms with Crippen LogP contribution in [0.5, 0.6) is 0 Å². The van der Waals surface area contributed by atoms with E-state index in [2.05, 4.69) is 30.6 Å². The van der Waals surface area contributed by atoms with Crippen molar-refractivity contribution in [3.63, 3.8) is 0 Å². The Bertz CT molecular complexity index is 2880. The third kappa shape index (κ3) is 12.3. The maximum atomic E-state index is 14.0. The largest absolute Gasteiger partial charge is 0.415 e. The molecule has 6 aromatic rings. The van der Waals surface area contributed by atoms with Crippen molar-refractivity contribution in [3.8, 4) is 22.9 Å². The van der Waals surface area contributed by atoms with Gasteiger partial charge in [0.25, 0.3) is 11.8 Å².